The van der Waals surface area contributed by atoms with Crippen LogP contribution in [0.5, 0.6) is 0 Å². The minimum atomic E-state index is -0.729. The molecule has 0 aromatic rings. The van der Waals surface area contributed by atoms with Gasteiger partial charge < -0.3 is 9.47 Å². The van der Waals surface area contributed by atoms with Crippen LogP contribution in [0.1, 0.15) is 20.8 Å². The molecule has 4 nitrogen and oxygen atoms in total. The third kappa shape index (κ3) is 5.39. The van der Waals surface area contributed by atoms with Crippen LogP contribution in [0.25, 0.3) is 0 Å². The largest absolute Gasteiger partial charge is 0.462 e. The van der Waals surface area contributed by atoms with Crippen LogP contribution >= 0.6 is 0 Å². The molecule has 0 saturated heterocycles. The van der Waals surface area contributed by atoms with Gasteiger partial charge in [0.1, 0.15) is 12.2 Å². The van der Waals surface area contributed by atoms with Crippen molar-refractivity contribution in [3.8, 4) is 0 Å². The molecule has 11 heavy (non-hydrogen) atoms. The number of ether oxygens (including phenoxy) is 2. The Morgan fingerprint density at radius 3 is 2.45 bits per heavy atom. The lowest BCUT2D eigenvalue weighted by Crippen LogP contribution is -2.31. The molecule has 0 radical (unpaired) electrons. The van der Waals surface area contributed by atoms with E-state index in [4.69, 9.17) is 0 Å². The number of rotatable bonds is 4. The Labute approximate surface area is 65.5 Å². The molecule has 0 rings (SSSR count). The van der Waals surface area contributed by atoms with Crippen molar-refractivity contribution < 1.29 is 19.1 Å². The summed E-state index contributed by atoms with van der Waals surface area (Å²) in [6.07, 6.45) is 0. The first kappa shape index (κ1) is 9.94. The summed E-state index contributed by atoms with van der Waals surface area (Å²) >= 11 is 0. The second-order valence-corrected chi connectivity index (χ2v) is 2.75. The van der Waals surface area contributed by atoms with E-state index in [1.807, 2.05) is 0 Å². The van der Waals surface area contributed by atoms with E-state index in [-0.39, 0.29) is 12.6 Å². The van der Waals surface area contributed by atoms with Gasteiger partial charge in [0, 0.05) is 6.92 Å². The highest BCUT2D eigenvalue weighted by molar-refractivity contribution is 5.65. The van der Waals surface area contributed by atoms with E-state index in [1.54, 1.807) is 13.8 Å². The first-order chi connectivity index (χ1) is 4.98. The predicted octanol–water partition coefficient (Wildman–Crippen LogP) is 0.501. The van der Waals surface area contributed by atoms with Gasteiger partial charge in [0.25, 0.3) is 6.47 Å². The smallest absolute Gasteiger partial charge is 0.302 e. The normalized spacial score (nSPS) is 10.5. The van der Waals surface area contributed by atoms with Crippen LogP contribution in [0.2, 0.25) is 0 Å². The monoisotopic (exact) mass is 160 g/mol. The third-order valence-corrected chi connectivity index (χ3v) is 0.990. The van der Waals surface area contributed by atoms with Crippen molar-refractivity contribution >= 4 is 12.4 Å². The van der Waals surface area contributed by atoms with E-state index < -0.39 is 5.60 Å². The van der Waals surface area contributed by atoms with E-state index >= 15 is 0 Å². The third-order valence-electron chi connectivity index (χ3n) is 0.990. The molecule has 0 unspecified atom stereocenters. The number of carbonyl (C=O) groups is 2. The van der Waals surface area contributed by atoms with Crippen molar-refractivity contribution in [2.75, 3.05) is 6.61 Å². The lowest BCUT2D eigenvalue weighted by Gasteiger charge is -2.21. The van der Waals surface area contributed by atoms with Crippen LogP contribution in [0.15, 0.2) is 0 Å². The average Bonchev–Trinajstić information content (AvgIpc) is 1.84. The molecular formula is C7H12O4. The van der Waals surface area contributed by atoms with Gasteiger partial charge in [-0.2, -0.15) is 0 Å². The Morgan fingerprint density at radius 2 is 2.09 bits per heavy atom. The van der Waals surface area contributed by atoms with Gasteiger partial charge in [0.15, 0.2) is 0 Å². The Kier molecular flexibility index (Phi) is 3.57. The van der Waals surface area contributed by atoms with E-state index in [2.05, 4.69) is 9.47 Å². The number of carbonyl (C=O) groups excluding carboxylic acids is 2. The van der Waals surface area contributed by atoms with E-state index in [1.165, 1.54) is 6.92 Å². The molecule has 0 spiro atoms. The first-order valence-corrected chi connectivity index (χ1v) is 3.23. The standard InChI is InChI=1S/C7H12O4/c1-6(9)10-4-7(2,3)11-5-8/h5H,4H2,1-3H3. The van der Waals surface area contributed by atoms with Crippen LogP contribution < -0.4 is 0 Å². The maximum atomic E-state index is 10.3. The van der Waals surface area contributed by atoms with Crippen molar-refractivity contribution in [3.63, 3.8) is 0 Å². The molecule has 4 heteroatoms. The molecule has 0 fully saturated rings. The molecule has 0 aromatic heterocycles. The molecule has 0 aromatic carbocycles. The Balaban J connectivity index is 3.71. The van der Waals surface area contributed by atoms with Crippen molar-refractivity contribution in [3.05, 3.63) is 0 Å². The Hall–Kier alpha value is -1.06. The molecule has 0 saturated carbocycles. The summed E-state index contributed by atoms with van der Waals surface area (Å²) in [5.41, 5.74) is -0.729. The van der Waals surface area contributed by atoms with Crippen molar-refractivity contribution in [1.82, 2.24) is 0 Å². The Bertz CT molecular complexity index is 151. The van der Waals surface area contributed by atoms with Crippen molar-refractivity contribution in [1.29, 1.82) is 0 Å². The van der Waals surface area contributed by atoms with Gasteiger partial charge in [-0.1, -0.05) is 0 Å². The highest BCUT2D eigenvalue weighted by Gasteiger charge is 2.19. The number of hydrogen-bond acceptors (Lipinski definition) is 4. The van der Waals surface area contributed by atoms with Crippen LogP contribution in [0, 0.1) is 0 Å². The van der Waals surface area contributed by atoms with Gasteiger partial charge in [0.05, 0.1) is 0 Å². The molecule has 0 bridgehead atoms. The minimum absolute atomic E-state index is 0.0844. The fourth-order valence-corrected chi connectivity index (χ4v) is 0.440. The van der Waals surface area contributed by atoms with Gasteiger partial charge >= 0.3 is 5.97 Å². The molecule has 0 aliphatic carbocycles. The zero-order chi connectivity index (χ0) is 8.91. The lowest BCUT2D eigenvalue weighted by molar-refractivity contribution is -0.157. The second-order valence-electron chi connectivity index (χ2n) is 2.75. The van der Waals surface area contributed by atoms with Gasteiger partial charge in [-0.3, -0.25) is 9.59 Å². The highest BCUT2D eigenvalue weighted by atomic mass is 16.6. The lowest BCUT2D eigenvalue weighted by atomic mass is 10.1. The molecule has 64 valence electrons. The summed E-state index contributed by atoms with van der Waals surface area (Å²) in [7, 11) is 0. The van der Waals surface area contributed by atoms with E-state index in [0.29, 0.717) is 6.47 Å². The Morgan fingerprint density at radius 1 is 1.55 bits per heavy atom. The second kappa shape index (κ2) is 3.95. The van der Waals surface area contributed by atoms with Gasteiger partial charge in [-0.25, -0.2) is 0 Å². The molecule has 0 atom stereocenters. The fourth-order valence-electron chi connectivity index (χ4n) is 0.440. The summed E-state index contributed by atoms with van der Waals surface area (Å²) in [6, 6.07) is 0. The molecule has 0 aliphatic rings. The SMILES string of the molecule is CC(=O)OCC(C)(C)OC=O. The van der Waals surface area contributed by atoms with Crippen LogP contribution in [0.3, 0.4) is 0 Å². The van der Waals surface area contributed by atoms with Crippen LogP contribution in [-0.4, -0.2) is 24.6 Å². The summed E-state index contributed by atoms with van der Waals surface area (Å²) < 4.78 is 9.26. The topological polar surface area (TPSA) is 52.6 Å². The van der Waals surface area contributed by atoms with E-state index in [9.17, 15) is 9.59 Å². The summed E-state index contributed by atoms with van der Waals surface area (Å²) in [5.74, 6) is -0.382. The maximum Gasteiger partial charge on any atom is 0.302 e. The molecular weight excluding hydrogens is 148 g/mol. The van der Waals surface area contributed by atoms with Crippen molar-refractivity contribution in [2.45, 2.75) is 26.4 Å². The average molecular weight is 160 g/mol. The van der Waals surface area contributed by atoms with E-state index in [0.717, 1.165) is 0 Å². The first-order valence-electron chi connectivity index (χ1n) is 3.23. The molecule has 0 aliphatic heterocycles. The van der Waals surface area contributed by atoms with Crippen LogP contribution in [0.4, 0.5) is 0 Å². The number of hydrogen-bond donors (Lipinski definition) is 0. The predicted molar refractivity (Wildman–Crippen MR) is 37.9 cm³/mol. The zero-order valence-corrected chi connectivity index (χ0v) is 6.92. The number of esters is 1. The molecule has 0 N–H and O–H groups in total. The summed E-state index contributed by atoms with van der Waals surface area (Å²) in [5, 5.41) is 0. The van der Waals surface area contributed by atoms with Gasteiger partial charge in [0.2, 0.25) is 0 Å². The molecule has 0 heterocycles. The van der Waals surface area contributed by atoms with Gasteiger partial charge in [-0.05, 0) is 13.8 Å². The highest BCUT2D eigenvalue weighted by Crippen LogP contribution is 2.07. The summed E-state index contributed by atoms with van der Waals surface area (Å²) in [6.45, 7) is 5.04. The quantitative estimate of drug-likeness (QED) is 0.444. The van der Waals surface area contributed by atoms with Crippen molar-refractivity contribution in [2.24, 2.45) is 0 Å². The van der Waals surface area contributed by atoms with Crippen LogP contribution in [-0.2, 0) is 19.1 Å². The van der Waals surface area contributed by atoms with Gasteiger partial charge in [-0.15, -0.1) is 0 Å². The fraction of sp³-hybridized carbons (Fsp3) is 0.714. The zero-order valence-electron chi connectivity index (χ0n) is 6.92. The summed E-state index contributed by atoms with van der Waals surface area (Å²) in [4.78, 5) is 20.2. The minimum Gasteiger partial charge on any atom is -0.462 e. The molecule has 0 amide bonds. The maximum absolute atomic E-state index is 10.3.